The summed E-state index contributed by atoms with van der Waals surface area (Å²) in [6.45, 7) is 2.45. The number of nitrogens with zero attached hydrogens (tertiary/aromatic N) is 2. The first-order chi connectivity index (χ1) is 12.1. The predicted molar refractivity (Wildman–Crippen MR) is 97.3 cm³/mol. The van der Waals surface area contributed by atoms with Crippen LogP contribution in [0, 0.1) is 0 Å². The van der Waals surface area contributed by atoms with Crippen molar-refractivity contribution < 1.29 is 14.6 Å². The monoisotopic (exact) mass is 361 g/mol. The number of carboxylic acids is 1. The molecule has 0 aliphatic heterocycles. The van der Waals surface area contributed by atoms with Crippen LogP contribution in [-0.2, 0) is 16.1 Å². The van der Waals surface area contributed by atoms with E-state index < -0.39 is 11.2 Å². The Kier molecular flexibility index (Phi) is 5.10. The number of hydrogen-bond acceptors (Lipinski definition) is 5. The summed E-state index contributed by atoms with van der Waals surface area (Å²) in [6, 6.07) is 7.54. The minimum absolute atomic E-state index is 0.221. The lowest BCUT2D eigenvalue weighted by molar-refractivity contribution is -0.136. The van der Waals surface area contributed by atoms with E-state index in [1.54, 1.807) is 14.0 Å². The second-order valence-corrected chi connectivity index (χ2v) is 6.76. The van der Waals surface area contributed by atoms with Crippen molar-refractivity contribution in [3.05, 3.63) is 34.6 Å². The quantitative estimate of drug-likeness (QED) is 0.496. The highest BCUT2D eigenvalue weighted by Crippen LogP contribution is 2.27. The van der Waals surface area contributed by atoms with Crippen LogP contribution in [-0.4, -0.2) is 44.6 Å². The van der Waals surface area contributed by atoms with E-state index in [4.69, 9.17) is 4.74 Å². The van der Waals surface area contributed by atoms with Gasteiger partial charge in [-0.1, -0.05) is 36.9 Å². The highest BCUT2D eigenvalue weighted by molar-refractivity contribution is 8.00. The minimum atomic E-state index is -0.918. The largest absolute Gasteiger partial charge is 0.480 e. The van der Waals surface area contributed by atoms with E-state index >= 15 is 0 Å². The molecule has 0 spiro atoms. The third-order valence-electron chi connectivity index (χ3n) is 3.99. The lowest BCUT2D eigenvalue weighted by Crippen LogP contribution is -2.27. The van der Waals surface area contributed by atoms with Crippen molar-refractivity contribution >= 4 is 39.7 Å². The Balaban J connectivity index is 2.22. The summed E-state index contributed by atoms with van der Waals surface area (Å²) in [6.07, 6.45) is 0.437. The normalized spacial score (nSPS) is 12.7. The van der Waals surface area contributed by atoms with Gasteiger partial charge in [-0.3, -0.25) is 14.2 Å². The maximum Gasteiger partial charge on any atom is 0.317 e. The number of methoxy groups -OCH3 is 1. The number of para-hydroxylation sites is 1. The van der Waals surface area contributed by atoms with Crippen LogP contribution in [0.2, 0.25) is 0 Å². The fraction of sp³-hybridized carbons (Fsp3) is 0.353. The van der Waals surface area contributed by atoms with Crippen LogP contribution in [0.4, 0.5) is 0 Å². The van der Waals surface area contributed by atoms with Crippen molar-refractivity contribution in [1.29, 1.82) is 0 Å². The van der Waals surface area contributed by atoms with E-state index in [9.17, 15) is 14.7 Å². The number of thioether (sulfide) groups is 1. The first kappa shape index (κ1) is 17.5. The van der Waals surface area contributed by atoms with Crippen molar-refractivity contribution in [3.63, 3.8) is 0 Å². The van der Waals surface area contributed by atoms with Crippen molar-refractivity contribution in [2.45, 2.75) is 30.3 Å². The van der Waals surface area contributed by atoms with Crippen molar-refractivity contribution in [3.8, 4) is 0 Å². The van der Waals surface area contributed by atoms with E-state index in [0.717, 1.165) is 22.7 Å². The van der Waals surface area contributed by atoms with Gasteiger partial charge in [0.1, 0.15) is 16.3 Å². The van der Waals surface area contributed by atoms with Crippen molar-refractivity contribution in [2.75, 3.05) is 13.7 Å². The van der Waals surface area contributed by atoms with Gasteiger partial charge in [0.05, 0.1) is 13.2 Å². The van der Waals surface area contributed by atoms with Crippen LogP contribution < -0.4 is 5.56 Å². The molecule has 3 rings (SSSR count). The molecule has 0 bridgehead atoms. The molecule has 0 saturated carbocycles. The molecule has 1 aromatic carbocycles. The first-order valence-electron chi connectivity index (χ1n) is 7.96. The average molecular weight is 361 g/mol. The molecule has 132 valence electrons. The number of rotatable bonds is 7. The Morgan fingerprint density at radius 2 is 2.20 bits per heavy atom. The maximum absolute atomic E-state index is 12.9. The topological polar surface area (TPSA) is 97.2 Å². The van der Waals surface area contributed by atoms with Crippen molar-refractivity contribution in [2.24, 2.45) is 0 Å². The minimum Gasteiger partial charge on any atom is -0.480 e. The third-order valence-corrected chi connectivity index (χ3v) is 5.33. The van der Waals surface area contributed by atoms with E-state index in [1.165, 1.54) is 4.57 Å². The highest BCUT2D eigenvalue weighted by Gasteiger charge is 2.22. The summed E-state index contributed by atoms with van der Waals surface area (Å²) in [4.78, 5) is 32.1. The summed E-state index contributed by atoms with van der Waals surface area (Å²) < 4.78 is 6.57. The van der Waals surface area contributed by atoms with Gasteiger partial charge in [0.25, 0.3) is 5.56 Å². The standard InChI is InChI=1S/C17H19N3O4S/c1-3-12(16(22)23)25-17-19-13-10-6-4-5-7-11(10)18-14(13)15(21)20(17)8-9-24-2/h4-7,12,18H,3,8-9H2,1-2H3,(H,22,23)/t12-/m1/s1. The fourth-order valence-corrected chi connectivity index (χ4v) is 3.65. The van der Waals surface area contributed by atoms with Gasteiger partial charge in [0, 0.05) is 18.0 Å². The maximum atomic E-state index is 12.9. The number of carboxylic acid groups (broad SMARTS) is 1. The number of H-pyrrole nitrogens is 1. The molecule has 0 fully saturated rings. The van der Waals surface area contributed by atoms with Crippen LogP contribution in [0.3, 0.4) is 0 Å². The molecule has 7 nitrogen and oxygen atoms in total. The summed E-state index contributed by atoms with van der Waals surface area (Å²) in [5.74, 6) is -0.918. The van der Waals surface area contributed by atoms with Gasteiger partial charge in [0.2, 0.25) is 0 Å². The molecular weight excluding hydrogens is 342 g/mol. The first-order valence-corrected chi connectivity index (χ1v) is 8.84. The molecule has 0 aliphatic carbocycles. The van der Waals surface area contributed by atoms with Gasteiger partial charge < -0.3 is 14.8 Å². The fourth-order valence-electron chi connectivity index (χ4n) is 2.68. The molecular formula is C17H19N3O4S. The third kappa shape index (κ3) is 3.27. The van der Waals surface area contributed by atoms with Crippen LogP contribution >= 0.6 is 11.8 Å². The second-order valence-electron chi connectivity index (χ2n) is 5.59. The number of aromatic amines is 1. The summed E-state index contributed by atoms with van der Waals surface area (Å²) >= 11 is 1.10. The number of carbonyl (C=O) groups is 1. The lowest BCUT2D eigenvalue weighted by Gasteiger charge is -2.14. The van der Waals surface area contributed by atoms with Crippen LogP contribution in [0.5, 0.6) is 0 Å². The molecule has 2 heterocycles. The summed E-state index contributed by atoms with van der Waals surface area (Å²) in [5.41, 5.74) is 1.59. The number of benzene rings is 1. The zero-order chi connectivity index (χ0) is 18.0. The summed E-state index contributed by atoms with van der Waals surface area (Å²) in [5, 5.41) is 9.93. The van der Waals surface area contributed by atoms with Gasteiger partial charge in [-0.05, 0) is 12.5 Å². The number of aliphatic carboxylic acids is 1. The Labute approximate surface area is 148 Å². The molecule has 0 amide bonds. The zero-order valence-corrected chi connectivity index (χ0v) is 14.8. The number of fused-ring (bicyclic) bond motifs is 3. The Morgan fingerprint density at radius 3 is 2.88 bits per heavy atom. The molecule has 8 heteroatoms. The Morgan fingerprint density at radius 1 is 1.44 bits per heavy atom. The second kappa shape index (κ2) is 7.28. The van der Waals surface area contributed by atoms with Crippen molar-refractivity contribution in [1.82, 2.24) is 14.5 Å². The van der Waals surface area contributed by atoms with Gasteiger partial charge in [-0.15, -0.1) is 0 Å². The van der Waals surface area contributed by atoms with Gasteiger partial charge in [0.15, 0.2) is 5.16 Å². The summed E-state index contributed by atoms with van der Waals surface area (Å²) in [7, 11) is 1.55. The number of ether oxygens (including phenoxy) is 1. The molecule has 0 unspecified atom stereocenters. The zero-order valence-electron chi connectivity index (χ0n) is 14.0. The van der Waals surface area contributed by atoms with Gasteiger partial charge in [-0.25, -0.2) is 4.98 Å². The molecule has 2 N–H and O–H groups in total. The van der Waals surface area contributed by atoms with Gasteiger partial charge >= 0.3 is 5.97 Å². The Hall–Kier alpha value is -2.32. The number of aromatic nitrogens is 3. The van der Waals surface area contributed by atoms with E-state index in [2.05, 4.69) is 9.97 Å². The van der Waals surface area contributed by atoms with Crippen LogP contribution in [0.1, 0.15) is 13.3 Å². The van der Waals surface area contributed by atoms with Crippen LogP contribution in [0.25, 0.3) is 21.9 Å². The molecule has 0 saturated heterocycles. The molecule has 25 heavy (non-hydrogen) atoms. The highest BCUT2D eigenvalue weighted by atomic mass is 32.2. The average Bonchev–Trinajstić information content (AvgIpc) is 2.98. The predicted octanol–water partition coefficient (Wildman–Crippen LogP) is 2.48. The number of nitrogens with one attached hydrogen (secondary N) is 1. The molecule has 3 aromatic rings. The molecule has 1 atom stereocenters. The SMILES string of the molecule is CC[C@@H](Sc1nc2c([nH]c3ccccc32)c(=O)n1CCOC)C(=O)O. The van der Waals surface area contributed by atoms with E-state index in [-0.39, 0.29) is 5.56 Å². The smallest absolute Gasteiger partial charge is 0.317 e. The molecule has 0 aliphatic rings. The Bertz CT molecular complexity index is 979. The number of hydrogen-bond donors (Lipinski definition) is 2. The van der Waals surface area contributed by atoms with E-state index in [0.29, 0.717) is 35.8 Å². The van der Waals surface area contributed by atoms with E-state index in [1.807, 2.05) is 24.3 Å². The molecule has 2 aromatic heterocycles. The van der Waals surface area contributed by atoms with Gasteiger partial charge in [-0.2, -0.15) is 0 Å². The van der Waals surface area contributed by atoms with Crippen LogP contribution in [0.15, 0.2) is 34.2 Å². The molecule has 0 radical (unpaired) electrons. The lowest BCUT2D eigenvalue weighted by atomic mass is 10.2.